The molecule has 1 aromatic rings. The molecule has 0 aliphatic heterocycles. The number of carbonyl (C=O) groups is 2. The van der Waals surface area contributed by atoms with Crippen molar-refractivity contribution in [3.8, 4) is 12.3 Å². The van der Waals surface area contributed by atoms with Crippen molar-refractivity contribution < 1.29 is 19.6 Å². The predicted octanol–water partition coefficient (Wildman–Crippen LogP) is 1.11. The Bertz CT molecular complexity index is 603. The van der Waals surface area contributed by atoms with Gasteiger partial charge in [0.1, 0.15) is 11.6 Å². The second-order valence-electron chi connectivity index (χ2n) is 4.00. The molecule has 7 nitrogen and oxygen atoms in total. The number of nitro benzene ring substituents is 1. The van der Waals surface area contributed by atoms with Crippen LogP contribution in [-0.2, 0) is 4.79 Å². The van der Waals surface area contributed by atoms with E-state index >= 15 is 0 Å². The maximum Gasteiger partial charge on any atom is 0.327 e. The summed E-state index contributed by atoms with van der Waals surface area (Å²) in [6.07, 6.45) is 4.81. The van der Waals surface area contributed by atoms with Crippen molar-refractivity contribution in [1.82, 2.24) is 5.32 Å². The van der Waals surface area contributed by atoms with Crippen LogP contribution in [0.25, 0.3) is 0 Å². The Hall–Kier alpha value is -2.88. The van der Waals surface area contributed by atoms with Gasteiger partial charge in [0.15, 0.2) is 0 Å². The summed E-state index contributed by atoms with van der Waals surface area (Å²) < 4.78 is 0. The largest absolute Gasteiger partial charge is 0.480 e. The van der Waals surface area contributed by atoms with Crippen molar-refractivity contribution in [1.29, 1.82) is 0 Å². The van der Waals surface area contributed by atoms with E-state index in [9.17, 15) is 19.7 Å². The lowest BCUT2D eigenvalue weighted by Crippen LogP contribution is -2.41. The van der Waals surface area contributed by atoms with Crippen molar-refractivity contribution >= 4 is 17.6 Å². The first kappa shape index (κ1) is 15.2. The number of aliphatic carboxylic acids is 1. The van der Waals surface area contributed by atoms with Crippen LogP contribution in [0.15, 0.2) is 18.2 Å². The maximum absolute atomic E-state index is 12.0. The van der Waals surface area contributed by atoms with Crippen LogP contribution in [0.2, 0.25) is 0 Å². The standard InChI is InChI=1S/C13H12N2O5/c1-3-5-9(13(17)18)14-12(16)11-8(2)6-4-7-10(11)15(19)20/h1,4,6-7,9H,5H2,2H3,(H,14,16)(H,17,18). The first-order chi connectivity index (χ1) is 9.38. The van der Waals surface area contributed by atoms with Crippen LogP contribution >= 0.6 is 0 Å². The average Bonchev–Trinajstić information content (AvgIpc) is 2.37. The third kappa shape index (κ3) is 3.32. The van der Waals surface area contributed by atoms with E-state index in [0.717, 1.165) is 0 Å². The zero-order valence-corrected chi connectivity index (χ0v) is 10.6. The van der Waals surface area contributed by atoms with Crippen LogP contribution in [0.3, 0.4) is 0 Å². The van der Waals surface area contributed by atoms with Crippen molar-refractivity contribution in [3.05, 3.63) is 39.4 Å². The number of nitro groups is 1. The van der Waals surface area contributed by atoms with Gasteiger partial charge in [-0.2, -0.15) is 0 Å². The minimum absolute atomic E-state index is 0.166. The van der Waals surface area contributed by atoms with Crippen molar-refractivity contribution in [2.24, 2.45) is 0 Å². The van der Waals surface area contributed by atoms with Gasteiger partial charge >= 0.3 is 5.97 Å². The molecular formula is C13H12N2O5. The van der Waals surface area contributed by atoms with E-state index in [1.165, 1.54) is 25.1 Å². The van der Waals surface area contributed by atoms with Gasteiger partial charge in [-0.1, -0.05) is 12.1 Å². The summed E-state index contributed by atoms with van der Waals surface area (Å²) in [4.78, 5) is 33.2. The summed E-state index contributed by atoms with van der Waals surface area (Å²) in [5, 5.41) is 22.0. The molecule has 1 amide bonds. The van der Waals surface area contributed by atoms with Gasteiger partial charge in [0.2, 0.25) is 0 Å². The summed E-state index contributed by atoms with van der Waals surface area (Å²) in [6.45, 7) is 1.53. The molecule has 0 aliphatic rings. The van der Waals surface area contributed by atoms with Gasteiger partial charge < -0.3 is 10.4 Å². The van der Waals surface area contributed by atoms with Gasteiger partial charge in [-0.15, -0.1) is 12.3 Å². The number of rotatable bonds is 5. The smallest absolute Gasteiger partial charge is 0.327 e. The summed E-state index contributed by atoms with van der Waals surface area (Å²) in [6, 6.07) is 2.87. The molecule has 0 aromatic heterocycles. The highest BCUT2D eigenvalue weighted by Crippen LogP contribution is 2.21. The monoisotopic (exact) mass is 276 g/mol. The van der Waals surface area contributed by atoms with Gasteiger partial charge in [-0.25, -0.2) is 4.79 Å². The summed E-state index contributed by atoms with van der Waals surface area (Å²) in [5.41, 5.74) is -0.172. The highest BCUT2D eigenvalue weighted by Gasteiger charge is 2.26. The van der Waals surface area contributed by atoms with Crippen molar-refractivity contribution in [3.63, 3.8) is 0 Å². The Morgan fingerprint density at radius 2 is 2.20 bits per heavy atom. The Kier molecular flexibility index (Phi) is 4.81. The molecule has 104 valence electrons. The molecule has 0 saturated carbocycles. The molecule has 0 spiro atoms. The van der Waals surface area contributed by atoms with Gasteiger partial charge in [0.25, 0.3) is 11.6 Å². The molecule has 0 heterocycles. The number of carboxylic acid groups (broad SMARTS) is 1. The molecule has 0 aliphatic carbocycles. The Balaban J connectivity index is 3.12. The van der Waals surface area contributed by atoms with E-state index in [4.69, 9.17) is 11.5 Å². The normalized spacial score (nSPS) is 11.2. The topological polar surface area (TPSA) is 110 Å². The minimum atomic E-state index is -1.30. The summed E-state index contributed by atoms with van der Waals surface area (Å²) in [7, 11) is 0. The fourth-order valence-corrected chi connectivity index (χ4v) is 1.65. The number of amides is 1. The number of hydrogen-bond donors (Lipinski definition) is 2. The molecule has 1 aromatic carbocycles. The Labute approximate surface area is 114 Å². The molecule has 0 radical (unpaired) electrons. The predicted molar refractivity (Wildman–Crippen MR) is 70.2 cm³/mol. The third-order valence-corrected chi connectivity index (χ3v) is 2.60. The Morgan fingerprint density at radius 3 is 2.70 bits per heavy atom. The van der Waals surface area contributed by atoms with Gasteiger partial charge in [0.05, 0.1) is 4.92 Å². The van der Waals surface area contributed by atoms with Crippen molar-refractivity contribution in [2.75, 3.05) is 0 Å². The molecule has 20 heavy (non-hydrogen) atoms. The molecule has 0 bridgehead atoms. The first-order valence-corrected chi connectivity index (χ1v) is 5.59. The van der Waals surface area contributed by atoms with Crippen LogP contribution in [-0.4, -0.2) is 27.9 Å². The summed E-state index contributed by atoms with van der Waals surface area (Å²) >= 11 is 0. The second-order valence-corrected chi connectivity index (χ2v) is 4.00. The van der Waals surface area contributed by atoms with E-state index in [1.54, 1.807) is 0 Å². The fourth-order valence-electron chi connectivity index (χ4n) is 1.65. The van der Waals surface area contributed by atoms with Gasteiger partial charge in [-0.3, -0.25) is 14.9 Å². The van der Waals surface area contributed by atoms with E-state index in [1.807, 2.05) is 0 Å². The third-order valence-electron chi connectivity index (χ3n) is 2.60. The van der Waals surface area contributed by atoms with E-state index in [-0.39, 0.29) is 17.7 Å². The second kappa shape index (κ2) is 6.33. The molecule has 1 unspecified atom stereocenters. The lowest BCUT2D eigenvalue weighted by molar-refractivity contribution is -0.385. The number of nitrogens with zero attached hydrogens (tertiary/aromatic N) is 1. The highest BCUT2D eigenvalue weighted by atomic mass is 16.6. The number of carbonyl (C=O) groups excluding carboxylic acids is 1. The zero-order valence-electron chi connectivity index (χ0n) is 10.6. The first-order valence-electron chi connectivity index (χ1n) is 5.59. The molecule has 1 rings (SSSR count). The van der Waals surface area contributed by atoms with E-state index in [2.05, 4.69) is 11.2 Å². The number of carboxylic acids is 1. The molecule has 2 N–H and O–H groups in total. The number of aryl methyl sites for hydroxylation is 1. The molecule has 0 fully saturated rings. The lowest BCUT2D eigenvalue weighted by Gasteiger charge is -2.13. The average molecular weight is 276 g/mol. The number of benzene rings is 1. The Morgan fingerprint density at radius 1 is 1.55 bits per heavy atom. The molecule has 7 heteroatoms. The number of hydrogen-bond acceptors (Lipinski definition) is 4. The molecular weight excluding hydrogens is 264 g/mol. The minimum Gasteiger partial charge on any atom is -0.480 e. The van der Waals surface area contributed by atoms with Crippen molar-refractivity contribution in [2.45, 2.75) is 19.4 Å². The summed E-state index contributed by atoms with van der Waals surface area (Å²) in [5.74, 6) is -0.00575. The van der Waals surface area contributed by atoms with Crippen LogP contribution in [0.1, 0.15) is 22.3 Å². The van der Waals surface area contributed by atoms with E-state index < -0.39 is 22.8 Å². The van der Waals surface area contributed by atoms with Crippen LogP contribution in [0.4, 0.5) is 5.69 Å². The zero-order chi connectivity index (χ0) is 15.3. The maximum atomic E-state index is 12.0. The quantitative estimate of drug-likeness (QED) is 0.475. The highest BCUT2D eigenvalue weighted by molar-refractivity contribution is 6.01. The van der Waals surface area contributed by atoms with E-state index in [0.29, 0.717) is 5.56 Å². The van der Waals surface area contributed by atoms with Gasteiger partial charge in [-0.05, 0) is 12.5 Å². The van der Waals surface area contributed by atoms with Gasteiger partial charge in [0, 0.05) is 12.5 Å². The SMILES string of the molecule is C#CCC(NC(=O)c1c(C)cccc1[N+](=O)[O-])C(=O)O. The fraction of sp³-hybridized carbons (Fsp3) is 0.231. The van der Waals surface area contributed by atoms with Crippen LogP contribution in [0, 0.1) is 29.4 Å². The number of terminal acetylenes is 1. The molecule has 0 saturated heterocycles. The number of nitrogens with one attached hydrogen (secondary N) is 1. The molecule has 1 atom stereocenters. The lowest BCUT2D eigenvalue weighted by atomic mass is 10.1. The van der Waals surface area contributed by atoms with Crippen LogP contribution < -0.4 is 5.32 Å². The van der Waals surface area contributed by atoms with Crippen LogP contribution in [0.5, 0.6) is 0 Å².